The summed E-state index contributed by atoms with van der Waals surface area (Å²) in [5.41, 5.74) is 3.04. The minimum atomic E-state index is -0.873. The number of carboxylic acid groups (broad SMARTS) is 1. The summed E-state index contributed by atoms with van der Waals surface area (Å²) in [7, 11) is 0. The van der Waals surface area contributed by atoms with Crippen molar-refractivity contribution in [3.05, 3.63) is 89.5 Å². The molecule has 5 rings (SSSR count). The first kappa shape index (κ1) is 29.1. The molecule has 0 unspecified atom stereocenters. The Morgan fingerprint density at radius 3 is 2.07 bits per heavy atom. The first-order valence-corrected chi connectivity index (χ1v) is 14.2. The van der Waals surface area contributed by atoms with Gasteiger partial charge in [0.15, 0.2) is 0 Å². The zero-order chi connectivity index (χ0) is 29.3. The fourth-order valence-electron chi connectivity index (χ4n) is 4.96. The van der Waals surface area contributed by atoms with Gasteiger partial charge in [0, 0.05) is 56.8 Å². The van der Waals surface area contributed by atoms with E-state index in [2.05, 4.69) is 10.2 Å². The van der Waals surface area contributed by atoms with Gasteiger partial charge in [0.1, 0.15) is 17.6 Å². The molecule has 2 amide bonds. The van der Waals surface area contributed by atoms with Gasteiger partial charge >= 0.3 is 12.1 Å². The monoisotopic (exact) mass is 573 g/mol. The van der Waals surface area contributed by atoms with E-state index >= 15 is 0 Å². The molecule has 0 spiro atoms. The Labute approximate surface area is 244 Å². The molecule has 3 aromatic carbocycles. The van der Waals surface area contributed by atoms with Crippen LogP contribution < -0.4 is 14.8 Å². The molecule has 0 radical (unpaired) electrons. The topological polar surface area (TPSA) is 118 Å². The van der Waals surface area contributed by atoms with Gasteiger partial charge < -0.3 is 29.5 Å². The van der Waals surface area contributed by atoms with E-state index in [0.29, 0.717) is 54.2 Å². The minimum absolute atomic E-state index is 0.0249. The summed E-state index contributed by atoms with van der Waals surface area (Å²) in [6.45, 7) is 5.17. The van der Waals surface area contributed by atoms with Gasteiger partial charge in [0.25, 0.3) is 5.91 Å². The number of ether oxygens (including phenoxy) is 3. The Morgan fingerprint density at radius 1 is 0.810 bits per heavy atom. The van der Waals surface area contributed by atoms with Gasteiger partial charge in [-0.15, -0.1) is 0 Å². The van der Waals surface area contributed by atoms with Gasteiger partial charge in [0.2, 0.25) is 0 Å². The normalized spacial score (nSPS) is 16.0. The number of hydrogen-bond donors (Lipinski definition) is 2. The Morgan fingerprint density at radius 2 is 1.43 bits per heavy atom. The van der Waals surface area contributed by atoms with Crippen LogP contribution in [0.1, 0.15) is 34.3 Å². The second-order valence-electron chi connectivity index (χ2n) is 10.5. The summed E-state index contributed by atoms with van der Waals surface area (Å²) in [4.78, 5) is 40.2. The number of morpholine rings is 1. The molecule has 3 aromatic rings. The third-order valence-electron chi connectivity index (χ3n) is 7.32. The zero-order valence-electron chi connectivity index (χ0n) is 23.4. The number of carbonyl (C=O) groups excluding carboxylic acids is 2. The number of nitrogens with zero attached hydrogens (tertiary/aromatic N) is 2. The third-order valence-corrected chi connectivity index (χ3v) is 7.32. The minimum Gasteiger partial charge on any atom is -0.490 e. The maximum Gasteiger partial charge on any atom is 0.415 e. The van der Waals surface area contributed by atoms with Gasteiger partial charge in [-0.25, -0.2) is 4.79 Å². The zero-order valence-corrected chi connectivity index (χ0v) is 23.4. The number of benzene rings is 3. The van der Waals surface area contributed by atoms with Crippen LogP contribution in [-0.4, -0.2) is 78.4 Å². The molecule has 0 saturated carbocycles. The van der Waals surface area contributed by atoms with E-state index in [1.165, 1.54) is 0 Å². The number of anilines is 1. The van der Waals surface area contributed by atoms with Crippen LogP contribution in [0.5, 0.6) is 11.5 Å². The molecule has 2 saturated heterocycles. The Kier molecular flexibility index (Phi) is 9.68. The molecule has 2 N–H and O–H groups in total. The van der Waals surface area contributed by atoms with Gasteiger partial charge in [-0.2, -0.15) is 0 Å². The lowest BCUT2D eigenvalue weighted by atomic mass is 10.1. The number of rotatable bonds is 9. The van der Waals surface area contributed by atoms with Crippen LogP contribution in [-0.2, 0) is 22.5 Å². The summed E-state index contributed by atoms with van der Waals surface area (Å²) in [6, 6.07) is 21.4. The molecule has 2 heterocycles. The predicted molar refractivity (Wildman–Crippen MR) is 156 cm³/mol. The fourth-order valence-corrected chi connectivity index (χ4v) is 4.96. The first-order valence-electron chi connectivity index (χ1n) is 14.2. The molecule has 0 bridgehead atoms. The molecule has 10 heteroatoms. The van der Waals surface area contributed by atoms with Crippen LogP contribution in [0.4, 0.5) is 10.5 Å². The lowest BCUT2D eigenvalue weighted by Gasteiger charge is -2.31. The highest BCUT2D eigenvalue weighted by molar-refractivity contribution is 6.04. The molecule has 2 aliphatic heterocycles. The van der Waals surface area contributed by atoms with Crippen molar-refractivity contribution in [1.29, 1.82) is 0 Å². The number of hydrogen-bond acceptors (Lipinski definition) is 7. The number of nitrogens with one attached hydrogen (secondary N) is 1. The van der Waals surface area contributed by atoms with Crippen LogP contribution >= 0.6 is 0 Å². The smallest absolute Gasteiger partial charge is 0.415 e. The molecule has 220 valence electrons. The molecule has 0 aliphatic carbocycles. The van der Waals surface area contributed by atoms with Crippen molar-refractivity contribution < 1.29 is 33.7 Å². The number of amides is 2. The lowest BCUT2D eigenvalue weighted by molar-refractivity contribution is -0.136. The van der Waals surface area contributed by atoms with Crippen molar-refractivity contribution in [2.45, 2.75) is 31.9 Å². The summed E-state index contributed by atoms with van der Waals surface area (Å²) in [5, 5.41) is 11.8. The second kappa shape index (κ2) is 14.0. The quantitative estimate of drug-likeness (QED) is 0.386. The van der Waals surface area contributed by atoms with Crippen molar-refractivity contribution in [3.8, 4) is 11.5 Å². The van der Waals surface area contributed by atoms with E-state index < -0.39 is 12.1 Å². The largest absolute Gasteiger partial charge is 0.490 e. The molecule has 42 heavy (non-hydrogen) atoms. The molecular weight excluding hydrogens is 538 g/mol. The predicted octanol–water partition coefficient (Wildman–Crippen LogP) is 4.44. The van der Waals surface area contributed by atoms with Crippen LogP contribution in [0.25, 0.3) is 0 Å². The van der Waals surface area contributed by atoms with E-state index in [1.54, 1.807) is 53.4 Å². The van der Waals surface area contributed by atoms with E-state index in [1.807, 2.05) is 24.3 Å². The van der Waals surface area contributed by atoms with Crippen LogP contribution in [0.2, 0.25) is 0 Å². The summed E-state index contributed by atoms with van der Waals surface area (Å²) < 4.78 is 16.9. The van der Waals surface area contributed by atoms with Crippen molar-refractivity contribution in [3.63, 3.8) is 0 Å². The van der Waals surface area contributed by atoms with Gasteiger partial charge in [-0.3, -0.25) is 14.5 Å². The van der Waals surface area contributed by atoms with Gasteiger partial charge in [-0.1, -0.05) is 24.3 Å². The fraction of sp³-hybridized carbons (Fsp3) is 0.344. The highest BCUT2D eigenvalue weighted by Gasteiger charge is 2.25. The summed E-state index contributed by atoms with van der Waals surface area (Å²) in [6.07, 6.45) is 0.822. The number of piperidine rings is 1. The average molecular weight is 574 g/mol. The number of likely N-dealkylation sites (tertiary alicyclic amines) is 1. The third kappa shape index (κ3) is 8.31. The Balaban J connectivity index is 1.04. The van der Waals surface area contributed by atoms with Gasteiger partial charge in [-0.05, 0) is 59.7 Å². The molecule has 0 aromatic heterocycles. The van der Waals surface area contributed by atoms with Crippen molar-refractivity contribution in [2.24, 2.45) is 0 Å². The second-order valence-corrected chi connectivity index (χ2v) is 10.5. The van der Waals surface area contributed by atoms with E-state index in [9.17, 15) is 14.4 Å². The lowest BCUT2D eigenvalue weighted by Crippen LogP contribution is -2.43. The maximum absolute atomic E-state index is 12.7. The molecule has 2 aliphatic rings. The van der Waals surface area contributed by atoms with E-state index in [4.69, 9.17) is 19.3 Å². The maximum atomic E-state index is 12.7. The average Bonchev–Trinajstić information content (AvgIpc) is 3.00. The molecule has 2 fully saturated rings. The Bertz CT molecular complexity index is 1350. The highest BCUT2D eigenvalue weighted by Crippen LogP contribution is 2.22. The van der Waals surface area contributed by atoms with Gasteiger partial charge in [0.05, 0.1) is 19.6 Å². The number of carbonyl (C=O) groups is 3. The van der Waals surface area contributed by atoms with Crippen molar-refractivity contribution in [1.82, 2.24) is 9.80 Å². The summed E-state index contributed by atoms with van der Waals surface area (Å²) >= 11 is 0. The van der Waals surface area contributed by atoms with Crippen molar-refractivity contribution in [2.75, 3.05) is 44.7 Å². The standard InChI is InChI=1S/C32H35N3O7/c36-30(37)21-23-3-9-27(10-4-23)41-29-13-15-35(16-14-29)32(39)42-28-11-7-26(8-12-28)33-31(38)25-5-1-24(2-6-25)22-34-17-19-40-20-18-34/h1-12,29H,13-22H2,(H,33,38)(H,36,37). The van der Waals surface area contributed by atoms with E-state index in [0.717, 1.165) is 38.4 Å². The molecule has 0 atom stereocenters. The Hall–Kier alpha value is -4.41. The van der Waals surface area contributed by atoms with Crippen LogP contribution in [0.15, 0.2) is 72.8 Å². The van der Waals surface area contributed by atoms with Crippen LogP contribution in [0.3, 0.4) is 0 Å². The molecular formula is C32H35N3O7. The van der Waals surface area contributed by atoms with E-state index in [-0.39, 0.29) is 18.4 Å². The van der Waals surface area contributed by atoms with Crippen molar-refractivity contribution >= 4 is 23.7 Å². The number of aliphatic carboxylic acids is 1. The summed E-state index contributed by atoms with van der Waals surface area (Å²) in [5.74, 6) is -0.00926. The SMILES string of the molecule is O=C(O)Cc1ccc(OC2CCN(C(=O)Oc3ccc(NC(=O)c4ccc(CN5CCOCC5)cc4)cc3)CC2)cc1. The highest BCUT2D eigenvalue weighted by atomic mass is 16.6. The number of carboxylic acids is 1. The van der Waals surface area contributed by atoms with Crippen LogP contribution in [0, 0.1) is 0 Å². The molecule has 10 nitrogen and oxygen atoms in total. The first-order chi connectivity index (χ1) is 20.4.